The first-order valence-electron chi connectivity index (χ1n) is 5.82. The van der Waals surface area contributed by atoms with Gasteiger partial charge in [0.05, 0.1) is 13.0 Å². The Labute approximate surface area is 90.2 Å². The van der Waals surface area contributed by atoms with E-state index in [-0.39, 0.29) is 17.7 Å². The molecule has 0 heterocycles. The maximum absolute atomic E-state index is 11.6. The predicted octanol–water partition coefficient (Wildman–Crippen LogP) is 1.94. The molecule has 0 aliphatic heterocycles. The van der Waals surface area contributed by atoms with Gasteiger partial charge in [0.2, 0.25) is 0 Å². The number of ether oxygens (including phenoxy) is 1. The number of fused-ring (bicyclic) bond motifs is 1. The minimum Gasteiger partial charge on any atom is -0.469 e. The van der Waals surface area contributed by atoms with Crippen molar-refractivity contribution in [3.05, 3.63) is 0 Å². The molecule has 0 saturated heterocycles. The Morgan fingerprint density at radius 2 is 2.00 bits per heavy atom. The third-order valence-corrected chi connectivity index (χ3v) is 3.93. The topological polar surface area (TPSA) is 43.4 Å². The second kappa shape index (κ2) is 4.33. The average Bonchev–Trinajstić information content (AvgIpc) is 2.26. The highest BCUT2D eigenvalue weighted by Crippen LogP contribution is 2.42. The molecular formula is C12H18O3. The van der Waals surface area contributed by atoms with Gasteiger partial charge in [-0.25, -0.2) is 0 Å². The number of carbonyl (C=O) groups excluding carboxylic acids is 2. The van der Waals surface area contributed by atoms with Gasteiger partial charge in [-0.15, -0.1) is 0 Å². The van der Waals surface area contributed by atoms with Crippen LogP contribution in [-0.4, -0.2) is 18.9 Å². The molecule has 0 bridgehead atoms. The van der Waals surface area contributed by atoms with Crippen molar-refractivity contribution in [2.45, 2.75) is 38.5 Å². The van der Waals surface area contributed by atoms with E-state index in [0.717, 1.165) is 12.8 Å². The number of ketones is 1. The summed E-state index contributed by atoms with van der Waals surface area (Å²) in [6.45, 7) is 0. The highest BCUT2D eigenvalue weighted by Gasteiger charge is 2.42. The first-order valence-corrected chi connectivity index (χ1v) is 5.82. The molecule has 2 rings (SSSR count). The van der Waals surface area contributed by atoms with Crippen molar-refractivity contribution in [2.75, 3.05) is 7.11 Å². The van der Waals surface area contributed by atoms with E-state index in [1.54, 1.807) is 0 Å². The van der Waals surface area contributed by atoms with Gasteiger partial charge in [0.15, 0.2) is 0 Å². The zero-order chi connectivity index (χ0) is 10.8. The van der Waals surface area contributed by atoms with Crippen molar-refractivity contribution in [1.82, 2.24) is 0 Å². The van der Waals surface area contributed by atoms with Crippen LogP contribution in [0.5, 0.6) is 0 Å². The first kappa shape index (κ1) is 10.7. The van der Waals surface area contributed by atoms with Gasteiger partial charge in [-0.05, 0) is 24.7 Å². The molecule has 0 spiro atoms. The van der Waals surface area contributed by atoms with Crippen LogP contribution >= 0.6 is 0 Å². The van der Waals surface area contributed by atoms with E-state index >= 15 is 0 Å². The third kappa shape index (κ3) is 2.06. The highest BCUT2D eigenvalue weighted by molar-refractivity contribution is 5.86. The first-order chi connectivity index (χ1) is 7.22. The van der Waals surface area contributed by atoms with Crippen molar-refractivity contribution >= 4 is 11.8 Å². The van der Waals surface area contributed by atoms with Gasteiger partial charge in [-0.1, -0.05) is 12.8 Å². The van der Waals surface area contributed by atoms with Crippen LogP contribution in [0, 0.1) is 17.8 Å². The lowest BCUT2D eigenvalue weighted by Gasteiger charge is -2.39. The fraction of sp³-hybridized carbons (Fsp3) is 0.833. The van der Waals surface area contributed by atoms with Gasteiger partial charge in [0.1, 0.15) is 5.78 Å². The van der Waals surface area contributed by atoms with Crippen LogP contribution in [-0.2, 0) is 14.3 Å². The highest BCUT2D eigenvalue weighted by atomic mass is 16.5. The molecule has 3 unspecified atom stereocenters. The molecule has 2 aliphatic rings. The minimum absolute atomic E-state index is 0.151. The van der Waals surface area contributed by atoms with E-state index in [4.69, 9.17) is 4.74 Å². The molecule has 84 valence electrons. The molecule has 2 saturated carbocycles. The van der Waals surface area contributed by atoms with Crippen LogP contribution in [0.4, 0.5) is 0 Å². The Morgan fingerprint density at radius 3 is 2.73 bits per heavy atom. The summed E-state index contributed by atoms with van der Waals surface area (Å²) in [6.07, 6.45) is 5.72. The van der Waals surface area contributed by atoms with E-state index in [1.165, 1.54) is 20.0 Å². The maximum atomic E-state index is 11.6. The summed E-state index contributed by atoms with van der Waals surface area (Å²) in [5.41, 5.74) is 0. The summed E-state index contributed by atoms with van der Waals surface area (Å²) >= 11 is 0. The van der Waals surface area contributed by atoms with Crippen LogP contribution < -0.4 is 0 Å². The molecule has 0 aromatic rings. The molecule has 0 amide bonds. The van der Waals surface area contributed by atoms with Gasteiger partial charge in [-0.3, -0.25) is 9.59 Å². The van der Waals surface area contributed by atoms with Crippen LogP contribution in [0.3, 0.4) is 0 Å². The fourth-order valence-electron chi connectivity index (χ4n) is 3.20. The number of esters is 1. The Bertz CT molecular complexity index is 272. The van der Waals surface area contributed by atoms with Crippen molar-refractivity contribution in [3.63, 3.8) is 0 Å². The molecule has 0 N–H and O–H groups in total. The Kier molecular flexibility index (Phi) is 3.08. The molecule has 2 aliphatic carbocycles. The third-order valence-electron chi connectivity index (χ3n) is 3.93. The predicted molar refractivity (Wildman–Crippen MR) is 55.2 cm³/mol. The summed E-state index contributed by atoms with van der Waals surface area (Å²) in [6, 6.07) is 0. The van der Waals surface area contributed by atoms with Gasteiger partial charge in [0, 0.05) is 12.8 Å². The SMILES string of the molecule is COC(=O)C1CC(=O)CC2CCCCC21. The summed E-state index contributed by atoms with van der Waals surface area (Å²) in [7, 11) is 1.42. The van der Waals surface area contributed by atoms with Crippen molar-refractivity contribution in [2.24, 2.45) is 17.8 Å². The van der Waals surface area contributed by atoms with Crippen LogP contribution in [0.25, 0.3) is 0 Å². The lowest BCUT2D eigenvalue weighted by molar-refractivity contribution is -0.153. The monoisotopic (exact) mass is 210 g/mol. The van der Waals surface area contributed by atoms with Crippen molar-refractivity contribution in [1.29, 1.82) is 0 Å². The van der Waals surface area contributed by atoms with E-state index in [2.05, 4.69) is 0 Å². The average molecular weight is 210 g/mol. The summed E-state index contributed by atoms with van der Waals surface area (Å²) in [4.78, 5) is 23.1. The summed E-state index contributed by atoms with van der Waals surface area (Å²) in [5, 5.41) is 0. The lowest BCUT2D eigenvalue weighted by Crippen LogP contribution is -2.39. The molecule has 0 aromatic carbocycles. The molecule has 3 nitrogen and oxygen atoms in total. The lowest BCUT2D eigenvalue weighted by atomic mass is 9.65. The van der Waals surface area contributed by atoms with Gasteiger partial charge in [-0.2, -0.15) is 0 Å². The molecule has 3 atom stereocenters. The smallest absolute Gasteiger partial charge is 0.309 e. The normalized spacial score (nSPS) is 35.8. The molecule has 2 fully saturated rings. The van der Waals surface area contributed by atoms with E-state index in [0.29, 0.717) is 24.7 Å². The summed E-state index contributed by atoms with van der Waals surface area (Å²) in [5.74, 6) is 0.767. The van der Waals surface area contributed by atoms with Crippen LogP contribution in [0.15, 0.2) is 0 Å². The molecule has 0 aromatic heterocycles. The molecular weight excluding hydrogens is 192 g/mol. The van der Waals surface area contributed by atoms with E-state index < -0.39 is 0 Å². The number of methoxy groups -OCH3 is 1. The van der Waals surface area contributed by atoms with Crippen molar-refractivity contribution < 1.29 is 14.3 Å². The quantitative estimate of drug-likeness (QED) is 0.621. The van der Waals surface area contributed by atoms with Crippen LogP contribution in [0.1, 0.15) is 38.5 Å². The van der Waals surface area contributed by atoms with E-state index in [9.17, 15) is 9.59 Å². The Hall–Kier alpha value is -0.860. The van der Waals surface area contributed by atoms with Crippen molar-refractivity contribution in [3.8, 4) is 0 Å². The van der Waals surface area contributed by atoms with Crippen LogP contribution in [0.2, 0.25) is 0 Å². The zero-order valence-electron chi connectivity index (χ0n) is 9.20. The number of rotatable bonds is 1. The molecule has 15 heavy (non-hydrogen) atoms. The number of hydrogen-bond donors (Lipinski definition) is 0. The van der Waals surface area contributed by atoms with Gasteiger partial charge in [0.25, 0.3) is 0 Å². The Morgan fingerprint density at radius 1 is 1.27 bits per heavy atom. The number of hydrogen-bond acceptors (Lipinski definition) is 3. The van der Waals surface area contributed by atoms with E-state index in [1.807, 2.05) is 0 Å². The fourth-order valence-corrected chi connectivity index (χ4v) is 3.20. The Balaban J connectivity index is 2.13. The van der Waals surface area contributed by atoms with Gasteiger partial charge >= 0.3 is 5.97 Å². The second-order valence-corrected chi connectivity index (χ2v) is 4.78. The summed E-state index contributed by atoms with van der Waals surface area (Å²) < 4.78 is 4.80. The number of carbonyl (C=O) groups is 2. The zero-order valence-corrected chi connectivity index (χ0v) is 9.20. The standard InChI is InChI=1S/C12H18O3/c1-15-12(14)11-7-9(13)6-8-4-2-3-5-10(8)11/h8,10-11H,2-7H2,1H3. The maximum Gasteiger partial charge on any atom is 0.309 e. The molecule has 3 heteroatoms. The largest absolute Gasteiger partial charge is 0.469 e. The van der Waals surface area contributed by atoms with Gasteiger partial charge < -0.3 is 4.74 Å². The number of Topliss-reactive ketones (excluding diaryl/α,β-unsaturated/α-hetero) is 1. The second-order valence-electron chi connectivity index (χ2n) is 4.78. The minimum atomic E-state index is -0.181. The molecule has 0 radical (unpaired) electrons.